The van der Waals surface area contributed by atoms with Crippen LogP contribution in [0.1, 0.15) is 10.4 Å². The van der Waals surface area contributed by atoms with Crippen LogP contribution in [0.2, 0.25) is 5.02 Å². The quantitative estimate of drug-likeness (QED) is 0.892. The summed E-state index contributed by atoms with van der Waals surface area (Å²) in [5.74, 6) is -0.747. The lowest BCUT2D eigenvalue weighted by Crippen LogP contribution is -2.14. The minimum atomic E-state index is -0.743. The first-order valence-corrected chi connectivity index (χ1v) is 6.68. The number of hydrogen-bond donors (Lipinski definition) is 2. The molecular weight excluding hydrogens is 295 g/mol. The molecule has 0 unspecified atom stereocenters. The van der Waals surface area contributed by atoms with Crippen molar-refractivity contribution in [1.82, 2.24) is 0 Å². The van der Waals surface area contributed by atoms with E-state index >= 15 is 0 Å². The van der Waals surface area contributed by atoms with Gasteiger partial charge in [0, 0.05) is 18.3 Å². The second-order valence-corrected chi connectivity index (χ2v) is 4.63. The summed E-state index contributed by atoms with van der Waals surface area (Å²) in [5.41, 5.74) is 5.73. The molecule has 0 radical (unpaired) electrons. The van der Waals surface area contributed by atoms with Gasteiger partial charge < -0.3 is 15.8 Å². The van der Waals surface area contributed by atoms with E-state index in [1.54, 1.807) is 24.3 Å². The second-order valence-electron chi connectivity index (χ2n) is 4.22. The maximum Gasteiger partial charge on any atom is 0.258 e. The largest absolute Gasteiger partial charge is 0.492 e. The second kappa shape index (κ2) is 7.06. The van der Waals surface area contributed by atoms with Crippen molar-refractivity contribution >= 4 is 23.2 Å². The van der Waals surface area contributed by atoms with E-state index in [1.807, 2.05) is 0 Å². The Labute approximate surface area is 126 Å². The Balaban J connectivity index is 2.14. The summed E-state index contributed by atoms with van der Waals surface area (Å²) in [6.07, 6.45) is 0. The third kappa shape index (κ3) is 3.93. The molecule has 0 fully saturated rings. The van der Waals surface area contributed by atoms with Crippen molar-refractivity contribution in [1.29, 1.82) is 0 Å². The van der Waals surface area contributed by atoms with Crippen LogP contribution in [-0.4, -0.2) is 19.1 Å². The molecule has 3 N–H and O–H groups in total. The molecule has 0 saturated carbocycles. The van der Waals surface area contributed by atoms with Gasteiger partial charge in [0.25, 0.3) is 5.91 Å². The number of carbonyl (C=O) groups is 1. The smallest absolute Gasteiger partial charge is 0.258 e. The van der Waals surface area contributed by atoms with Crippen LogP contribution < -0.4 is 15.8 Å². The Hall–Kier alpha value is -2.11. The molecule has 1 amide bonds. The molecule has 0 saturated heterocycles. The molecule has 4 nitrogen and oxygen atoms in total. The first kappa shape index (κ1) is 15.3. The Morgan fingerprint density at radius 3 is 2.81 bits per heavy atom. The molecule has 0 bridgehead atoms. The van der Waals surface area contributed by atoms with E-state index in [0.717, 1.165) is 0 Å². The van der Waals surface area contributed by atoms with Crippen LogP contribution in [-0.2, 0) is 0 Å². The number of amides is 1. The molecule has 2 aromatic rings. The highest BCUT2D eigenvalue weighted by Gasteiger charge is 2.14. The van der Waals surface area contributed by atoms with Crippen molar-refractivity contribution in [3.05, 3.63) is 58.9 Å². The van der Waals surface area contributed by atoms with Gasteiger partial charge in [-0.25, -0.2) is 4.39 Å². The van der Waals surface area contributed by atoms with Gasteiger partial charge in [-0.3, -0.25) is 4.79 Å². The number of anilines is 1. The molecule has 0 aliphatic heterocycles. The molecule has 0 aliphatic rings. The highest BCUT2D eigenvalue weighted by Crippen LogP contribution is 2.21. The monoisotopic (exact) mass is 308 g/mol. The van der Waals surface area contributed by atoms with Crippen molar-refractivity contribution in [2.75, 3.05) is 18.5 Å². The third-order valence-electron chi connectivity index (χ3n) is 2.67. The van der Waals surface area contributed by atoms with Gasteiger partial charge in [-0.2, -0.15) is 0 Å². The van der Waals surface area contributed by atoms with Crippen molar-refractivity contribution in [3.63, 3.8) is 0 Å². The predicted octanol–water partition coefficient (Wildman–Crippen LogP) is 3.07. The van der Waals surface area contributed by atoms with E-state index in [4.69, 9.17) is 22.1 Å². The van der Waals surface area contributed by atoms with Gasteiger partial charge >= 0.3 is 0 Å². The molecule has 0 aromatic heterocycles. The number of carbonyl (C=O) groups excluding carboxylic acids is 1. The van der Waals surface area contributed by atoms with Gasteiger partial charge in [-0.05, 0) is 24.3 Å². The van der Waals surface area contributed by atoms with Gasteiger partial charge in [0.05, 0.1) is 10.6 Å². The summed E-state index contributed by atoms with van der Waals surface area (Å²) >= 11 is 5.66. The summed E-state index contributed by atoms with van der Waals surface area (Å²) in [6, 6.07) is 11.0. The molecular formula is C15H14ClFN2O2. The van der Waals surface area contributed by atoms with E-state index in [0.29, 0.717) is 24.6 Å². The number of nitrogens with one attached hydrogen (secondary N) is 1. The van der Waals surface area contributed by atoms with E-state index < -0.39 is 11.7 Å². The summed E-state index contributed by atoms with van der Waals surface area (Å²) in [5, 5.41) is 2.50. The Morgan fingerprint density at radius 1 is 1.29 bits per heavy atom. The zero-order chi connectivity index (χ0) is 15.2. The fourth-order valence-corrected chi connectivity index (χ4v) is 1.89. The molecule has 0 atom stereocenters. The third-order valence-corrected chi connectivity index (χ3v) is 2.97. The topological polar surface area (TPSA) is 64.3 Å². The maximum atomic E-state index is 13.8. The summed E-state index contributed by atoms with van der Waals surface area (Å²) in [7, 11) is 0. The highest BCUT2D eigenvalue weighted by molar-refractivity contribution is 6.31. The molecule has 2 rings (SSSR count). The lowest BCUT2D eigenvalue weighted by atomic mass is 10.2. The summed E-state index contributed by atoms with van der Waals surface area (Å²) < 4.78 is 19.1. The first-order chi connectivity index (χ1) is 10.1. The van der Waals surface area contributed by atoms with Gasteiger partial charge in [-0.1, -0.05) is 23.7 Å². The average Bonchev–Trinajstić information content (AvgIpc) is 2.48. The van der Waals surface area contributed by atoms with Gasteiger partial charge in [0.15, 0.2) is 5.82 Å². The normalized spacial score (nSPS) is 10.2. The van der Waals surface area contributed by atoms with Crippen LogP contribution in [0.5, 0.6) is 5.75 Å². The molecule has 0 aliphatic carbocycles. The Bertz CT molecular complexity index is 649. The molecule has 21 heavy (non-hydrogen) atoms. The van der Waals surface area contributed by atoms with Crippen molar-refractivity contribution in [3.8, 4) is 5.75 Å². The predicted molar refractivity (Wildman–Crippen MR) is 80.4 cm³/mol. The van der Waals surface area contributed by atoms with E-state index in [1.165, 1.54) is 18.2 Å². The number of nitrogens with two attached hydrogens (primary N) is 1. The standard InChI is InChI=1S/C15H14ClFN2O2/c16-13-6-2-5-12(14(13)17)15(20)19-10-3-1-4-11(9-10)21-8-7-18/h1-6,9H,7-8,18H2,(H,19,20). The SMILES string of the molecule is NCCOc1cccc(NC(=O)c2cccc(Cl)c2F)c1. The van der Waals surface area contributed by atoms with Gasteiger partial charge in [0.1, 0.15) is 12.4 Å². The van der Waals surface area contributed by atoms with Crippen molar-refractivity contribution in [2.45, 2.75) is 0 Å². The Kier molecular flexibility index (Phi) is 5.14. The lowest BCUT2D eigenvalue weighted by molar-refractivity contribution is 0.102. The fourth-order valence-electron chi connectivity index (χ4n) is 1.72. The van der Waals surface area contributed by atoms with Crippen LogP contribution in [0.3, 0.4) is 0 Å². The Morgan fingerprint density at radius 2 is 2.05 bits per heavy atom. The van der Waals surface area contributed by atoms with Gasteiger partial charge in [-0.15, -0.1) is 0 Å². The lowest BCUT2D eigenvalue weighted by Gasteiger charge is -2.09. The molecule has 110 valence electrons. The maximum absolute atomic E-state index is 13.8. The van der Waals surface area contributed by atoms with Crippen molar-refractivity contribution < 1.29 is 13.9 Å². The molecule has 2 aromatic carbocycles. The van der Waals surface area contributed by atoms with Gasteiger partial charge in [0.2, 0.25) is 0 Å². The molecule has 6 heteroatoms. The highest BCUT2D eigenvalue weighted by atomic mass is 35.5. The number of halogens is 2. The fraction of sp³-hybridized carbons (Fsp3) is 0.133. The number of hydrogen-bond acceptors (Lipinski definition) is 3. The summed E-state index contributed by atoms with van der Waals surface area (Å²) in [6.45, 7) is 0.768. The van der Waals surface area contributed by atoms with Crippen LogP contribution in [0.25, 0.3) is 0 Å². The van der Waals surface area contributed by atoms with Crippen molar-refractivity contribution in [2.24, 2.45) is 5.73 Å². The van der Waals surface area contributed by atoms with Crippen LogP contribution in [0.15, 0.2) is 42.5 Å². The molecule has 0 spiro atoms. The van der Waals surface area contributed by atoms with Crippen LogP contribution >= 0.6 is 11.6 Å². The number of ether oxygens (including phenoxy) is 1. The number of benzene rings is 2. The van der Waals surface area contributed by atoms with Crippen LogP contribution in [0, 0.1) is 5.82 Å². The summed E-state index contributed by atoms with van der Waals surface area (Å²) in [4.78, 5) is 12.0. The zero-order valence-electron chi connectivity index (χ0n) is 11.1. The van der Waals surface area contributed by atoms with Crippen LogP contribution in [0.4, 0.5) is 10.1 Å². The minimum absolute atomic E-state index is 0.0947. The number of rotatable bonds is 5. The van der Waals surface area contributed by atoms with E-state index in [2.05, 4.69) is 5.32 Å². The van der Waals surface area contributed by atoms with E-state index in [-0.39, 0.29) is 10.6 Å². The molecule has 0 heterocycles. The van der Waals surface area contributed by atoms with E-state index in [9.17, 15) is 9.18 Å². The zero-order valence-corrected chi connectivity index (χ0v) is 11.9. The average molecular weight is 309 g/mol. The minimum Gasteiger partial charge on any atom is -0.492 e. The first-order valence-electron chi connectivity index (χ1n) is 6.30.